The molecule has 0 bridgehead atoms. The molecular formula is C34H58N2O4Si. The molecule has 1 aromatic carbocycles. The van der Waals surface area contributed by atoms with Crippen LogP contribution in [-0.2, 0) is 18.4 Å². The quantitative estimate of drug-likeness (QED) is 0.317. The van der Waals surface area contributed by atoms with Gasteiger partial charge in [0.25, 0.3) is 0 Å². The van der Waals surface area contributed by atoms with E-state index < -0.39 is 9.28 Å². The SMILES string of the molecule is CCC1(C)CC(O[SiH](OC2CC(C)(CC)N(C(C)=O)C(C)(CC)C2C)c2ccccc2)C(C)C(C)(CC)N1C(C)=O. The van der Waals surface area contributed by atoms with Crippen LogP contribution in [0.1, 0.15) is 122 Å². The minimum absolute atomic E-state index is 0.0277. The van der Waals surface area contributed by atoms with Crippen LogP contribution < -0.4 is 5.19 Å². The second kappa shape index (κ2) is 12.5. The fraction of sp³-hybridized carbons (Fsp3) is 0.765. The van der Waals surface area contributed by atoms with Gasteiger partial charge in [-0.3, -0.25) is 9.59 Å². The summed E-state index contributed by atoms with van der Waals surface area (Å²) in [7, 11) is -2.39. The first-order chi connectivity index (χ1) is 19.1. The molecule has 0 radical (unpaired) electrons. The minimum Gasteiger partial charge on any atom is -0.390 e. The fourth-order valence-electron chi connectivity index (χ4n) is 8.34. The molecule has 8 atom stereocenters. The first-order valence-electron chi connectivity index (χ1n) is 16.1. The van der Waals surface area contributed by atoms with Gasteiger partial charge in [-0.15, -0.1) is 0 Å². The van der Waals surface area contributed by atoms with E-state index in [-0.39, 0.29) is 58.0 Å². The number of rotatable bonds is 9. The lowest BCUT2D eigenvalue weighted by molar-refractivity contribution is -0.171. The molecule has 2 aliphatic rings. The summed E-state index contributed by atoms with van der Waals surface area (Å²) in [5.41, 5.74) is -1.19. The molecule has 0 saturated carbocycles. The van der Waals surface area contributed by atoms with Crippen LogP contribution in [0.3, 0.4) is 0 Å². The van der Waals surface area contributed by atoms with Gasteiger partial charge in [-0.05, 0) is 71.4 Å². The number of benzene rings is 1. The number of likely N-dealkylation sites (tertiary alicyclic amines) is 2. The van der Waals surface area contributed by atoms with Gasteiger partial charge < -0.3 is 18.7 Å². The van der Waals surface area contributed by atoms with Gasteiger partial charge in [0.1, 0.15) is 0 Å². The van der Waals surface area contributed by atoms with Crippen LogP contribution in [0.2, 0.25) is 0 Å². The van der Waals surface area contributed by atoms with E-state index in [1.54, 1.807) is 13.8 Å². The summed E-state index contributed by atoms with van der Waals surface area (Å²) in [6, 6.07) is 10.5. The Hall–Kier alpha value is -1.70. The maximum atomic E-state index is 13.0. The van der Waals surface area contributed by atoms with Gasteiger partial charge in [0.2, 0.25) is 11.8 Å². The zero-order valence-electron chi connectivity index (χ0n) is 28.0. The maximum absolute atomic E-state index is 13.0. The normalized spacial score (nSPS) is 38.5. The summed E-state index contributed by atoms with van der Waals surface area (Å²) in [4.78, 5) is 30.4. The van der Waals surface area contributed by atoms with Gasteiger partial charge in [0.05, 0.1) is 12.2 Å². The predicted molar refractivity (Wildman–Crippen MR) is 170 cm³/mol. The van der Waals surface area contributed by atoms with Crippen molar-refractivity contribution in [3.63, 3.8) is 0 Å². The average molecular weight is 587 g/mol. The van der Waals surface area contributed by atoms with Crippen molar-refractivity contribution in [1.82, 2.24) is 9.80 Å². The summed E-state index contributed by atoms with van der Waals surface area (Å²) in [5.74, 6) is 0.580. The van der Waals surface area contributed by atoms with E-state index in [1.807, 2.05) is 6.07 Å². The Balaban J connectivity index is 2.03. The Kier molecular flexibility index (Phi) is 10.3. The topological polar surface area (TPSA) is 59.1 Å². The van der Waals surface area contributed by atoms with Crippen molar-refractivity contribution in [1.29, 1.82) is 0 Å². The summed E-state index contributed by atoms with van der Waals surface area (Å²) >= 11 is 0. The minimum atomic E-state index is -2.39. The largest absolute Gasteiger partial charge is 0.390 e. The lowest BCUT2D eigenvalue weighted by atomic mass is 9.68. The van der Waals surface area contributed by atoms with Gasteiger partial charge in [-0.2, -0.15) is 0 Å². The van der Waals surface area contributed by atoms with E-state index in [0.29, 0.717) is 0 Å². The molecule has 0 aliphatic carbocycles. The molecule has 2 aliphatic heterocycles. The zero-order valence-corrected chi connectivity index (χ0v) is 29.2. The Morgan fingerprint density at radius 3 is 1.39 bits per heavy atom. The molecule has 6 nitrogen and oxygen atoms in total. The molecule has 41 heavy (non-hydrogen) atoms. The summed E-state index contributed by atoms with van der Waals surface area (Å²) in [6.45, 7) is 25.6. The van der Waals surface area contributed by atoms with Crippen LogP contribution >= 0.6 is 0 Å². The third-order valence-electron chi connectivity index (χ3n) is 11.7. The van der Waals surface area contributed by atoms with E-state index in [2.05, 4.69) is 103 Å². The van der Waals surface area contributed by atoms with E-state index in [0.717, 1.165) is 43.7 Å². The van der Waals surface area contributed by atoms with E-state index in [1.165, 1.54) is 0 Å². The van der Waals surface area contributed by atoms with Gasteiger partial charge in [0.15, 0.2) is 0 Å². The van der Waals surface area contributed by atoms with Crippen molar-refractivity contribution in [2.24, 2.45) is 11.8 Å². The number of carbonyl (C=O) groups excluding carboxylic acids is 2. The second-order valence-electron chi connectivity index (χ2n) is 13.9. The highest BCUT2D eigenvalue weighted by Gasteiger charge is 2.57. The van der Waals surface area contributed by atoms with Gasteiger partial charge in [-0.25, -0.2) is 0 Å². The highest BCUT2D eigenvalue weighted by molar-refractivity contribution is 6.61. The number of piperidine rings is 2. The Morgan fingerprint density at radius 2 is 1.10 bits per heavy atom. The molecule has 0 N–H and O–H groups in total. The molecular weight excluding hydrogens is 528 g/mol. The van der Waals surface area contributed by atoms with Crippen LogP contribution in [0.4, 0.5) is 0 Å². The summed E-state index contributed by atoms with van der Waals surface area (Å²) < 4.78 is 14.5. The van der Waals surface area contributed by atoms with Gasteiger partial charge >= 0.3 is 9.28 Å². The Morgan fingerprint density at radius 1 is 0.732 bits per heavy atom. The third-order valence-corrected chi connectivity index (χ3v) is 13.8. The molecule has 2 fully saturated rings. The fourth-order valence-corrected chi connectivity index (χ4v) is 10.6. The molecule has 2 heterocycles. The first kappa shape index (κ1) is 33.8. The molecule has 0 aromatic heterocycles. The Bertz CT molecular complexity index is 1010. The number of nitrogens with zero attached hydrogens (tertiary/aromatic N) is 2. The van der Waals surface area contributed by atoms with Gasteiger partial charge in [-0.1, -0.05) is 71.9 Å². The lowest BCUT2D eigenvalue weighted by Crippen LogP contribution is -2.71. The van der Waals surface area contributed by atoms with Crippen molar-refractivity contribution in [2.75, 3.05) is 0 Å². The molecule has 2 amide bonds. The number of carbonyl (C=O) groups is 2. The van der Waals surface area contributed by atoms with Crippen LogP contribution in [-0.4, -0.2) is 65.3 Å². The predicted octanol–water partition coefficient (Wildman–Crippen LogP) is 6.34. The number of amides is 2. The van der Waals surface area contributed by atoms with Crippen LogP contribution in [0, 0.1) is 11.8 Å². The van der Waals surface area contributed by atoms with E-state index in [4.69, 9.17) is 8.85 Å². The van der Waals surface area contributed by atoms with E-state index >= 15 is 0 Å². The lowest BCUT2D eigenvalue weighted by Gasteiger charge is -2.61. The van der Waals surface area contributed by atoms with Crippen molar-refractivity contribution >= 4 is 26.3 Å². The molecule has 0 spiro atoms. The monoisotopic (exact) mass is 586 g/mol. The Labute approximate surface area is 252 Å². The highest BCUT2D eigenvalue weighted by Crippen LogP contribution is 2.49. The molecule has 3 rings (SSSR count). The standard InChI is InChI=1S/C34H58N2O4Si/c1-13-31(9)22-29(24(5)33(11,15-3)35(31)26(7)37)39-41(28-20-18-17-19-21-28)40-30-23-32(10,14-2)36(27(8)38)34(12,16-4)25(30)6/h17-21,24-25,29-30,41H,13-16,22-23H2,1-12H3. The maximum Gasteiger partial charge on any atom is 0.356 e. The third kappa shape index (κ3) is 5.92. The van der Waals surface area contributed by atoms with Crippen molar-refractivity contribution < 1.29 is 18.4 Å². The van der Waals surface area contributed by atoms with Gasteiger partial charge in [0, 0.05) is 47.8 Å². The first-order valence-corrected chi connectivity index (χ1v) is 17.6. The molecule has 232 valence electrons. The van der Waals surface area contributed by atoms with Crippen molar-refractivity contribution in [2.45, 2.75) is 156 Å². The van der Waals surface area contributed by atoms with Crippen LogP contribution in [0.25, 0.3) is 0 Å². The highest BCUT2D eigenvalue weighted by atomic mass is 28.3. The molecule has 1 aromatic rings. The molecule has 8 unspecified atom stereocenters. The molecule has 7 heteroatoms. The second-order valence-corrected chi connectivity index (χ2v) is 15.8. The van der Waals surface area contributed by atoms with Crippen molar-refractivity contribution in [3.05, 3.63) is 30.3 Å². The number of hydrogen-bond acceptors (Lipinski definition) is 4. The smallest absolute Gasteiger partial charge is 0.356 e. The molecule has 2 saturated heterocycles. The van der Waals surface area contributed by atoms with Crippen LogP contribution in [0.5, 0.6) is 0 Å². The van der Waals surface area contributed by atoms with Crippen LogP contribution in [0.15, 0.2) is 30.3 Å². The summed E-state index contributed by atoms with van der Waals surface area (Å²) in [5, 5.41) is 1.14. The van der Waals surface area contributed by atoms with E-state index in [9.17, 15) is 9.59 Å². The summed E-state index contributed by atoms with van der Waals surface area (Å²) in [6.07, 6.45) is 5.00. The average Bonchev–Trinajstić information content (AvgIpc) is 2.93. The van der Waals surface area contributed by atoms with Crippen molar-refractivity contribution in [3.8, 4) is 0 Å². The number of hydrogen-bond donors (Lipinski definition) is 0. The zero-order chi connectivity index (χ0) is 31.0.